The molecule has 0 radical (unpaired) electrons. The van der Waals surface area contributed by atoms with E-state index < -0.39 is 18.5 Å². The number of esters is 1. The van der Waals surface area contributed by atoms with Crippen LogP contribution in [0.5, 0.6) is 5.75 Å². The topological polar surface area (TPSA) is 105 Å². The Kier molecular flexibility index (Phi) is 5.51. The average molecular weight is 328 g/mol. The summed E-state index contributed by atoms with van der Waals surface area (Å²) in [6, 6.07) is 12.1. The molecule has 2 aromatic carbocycles. The number of phenols is 1. The van der Waals surface area contributed by atoms with Gasteiger partial charge in [-0.1, -0.05) is 6.07 Å². The zero-order chi connectivity index (χ0) is 17.5. The van der Waals surface area contributed by atoms with Gasteiger partial charge in [0, 0.05) is 18.3 Å². The van der Waals surface area contributed by atoms with Gasteiger partial charge in [-0.2, -0.15) is 0 Å². The van der Waals surface area contributed by atoms with Crippen LogP contribution in [-0.2, 0) is 14.3 Å². The molecule has 0 aliphatic rings. The maximum absolute atomic E-state index is 11.8. The van der Waals surface area contributed by atoms with Gasteiger partial charge in [0.05, 0.1) is 5.56 Å². The number of aromatic hydroxyl groups is 1. The highest BCUT2D eigenvalue weighted by molar-refractivity contribution is 5.96. The number of anilines is 2. The van der Waals surface area contributed by atoms with Gasteiger partial charge >= 0.3 is 5.97 Å². The van der Waals surface area contributed by atoms with Gasteiger partial charge < -0.3 is 20.5 Å². The number of benzene rings is 2. The van der Waals surface area contributed by atoms with Gasteiger partial charge in [0.25, 0.3) is 5.91 Å². The average Bonchev–Trinajstić information content (AvgIpc) is 2.53. The normalized spacial score (nSPS) is 9.88. The van der Waals surface area contributed by atoms with Crippen LogP contribution < -0.4 is 10.6 Å². The Bertz CT molecular complexity index is 756. The van der Waals surface area contributed by atoms with Crippen LogP contribution in [0.1, 0.15) is 17.3 Å². The maximum atomic E-state index is 11.8. The molecule has 0 saturated heterocycles. The minimum atomic E-state index is -0.669. The van der Waals surface area contributed by atoms with Crippen LogP contribution in [0.2, 0.25) is 0 Å². The van der Waals surface area contributed by atoms with E-state index in [4.69, 9.17) is 9.84 Å². The van der Waals surface area contributed by atoms with Crippen LogP contribution in [0, 0.1) is 0 Å². The molecule has 3 N–H and O–H groups in total. The lowest BCUT2D eigenvalue weighted by molar-refractivity contribution is -0.119. The fourth-order valence-electron chi connectivity index (χ4n) is 1.89. The van der Waals surface area contributed by atoms with Crippen molar-refractivity contribution < 1.29 is 24.2 Å². The molecule has 7 nitrogen and oxygen atoms in total. The first-order valence-corrected chi connectivity index (χ1v) is 7.08. The highest BCUT2D eigenvalue weighted by Gasteiger charge is 2.10. The molecular formula is C17H16N2O5. The van der Waals surface area contributed by atoms with Gasteiger partial charge in [0.2, 0.25) is 5.91 Å². The van der Waals surface area contributed by atoms with Crippen LogP contribution in [-0.4, -0.2) is 29.5 Å². The van der Waals surface area contributed by atoms with Crippen molar-refractivity contribution in [2.24, 2.45) is 0 Å². The predicted octanol–water partition coefficient (Wildman–Crippen LogP) is 2.15. The smallest absolute Gasteiger partial charge is 0.338 e. The molecule has 0 fully saturated rings. The fraction of sp³-hybridized carbons (Fsp3) is 0.118. The summed E-state index contributed by atoms with van der Waals surface area (Å²) in [5, 5.41) is 14.3. The number of rotatable bonds is 5. The first-order valence-electron chi connectivity index (χ1n) is 7.08. The molecule has 0 aliphatic heterocycles. The van der Waals surface area contributed by atoms with Crippen LogP contribution >= 0.6 is 0 Å². The van der Waals surface area contributed by atoms with Gasteiger partial charge in [-0.05, 0) is 42.5 Å². The zero-order valence-corrected chi connectivity index (χ0v) is 12.9. The molecule has 0 spiro atoms. The van der Waals surface area contributed by atoms with Crippen molar-refractivity contribution in [2.45, 2.75) is 6.92 Å². The van der Waals surface area contributed by atoms with E-state index in [0.717, 1.165) is 0 Å². The molecule has 2 rings (SSSR count). The number of hydrogen-bond donors (Lipinski definition) is 3. The van der Waals surface area contributed by atoms with E-state index in [0.29, 0.717) is 11.4 Å². The van der Waals surface area contributed by atoms with E-state index in [1.807, 2.05) is 0 Å². The molecule has 0 bridgehead atoms. The van der Waals surface area contributed by atoms with Gasteiger partial charge in [-0.3, -0.25) is 9.59 Å². The van der Waals surface area contributed by atoms with Crippen molar-refractivity contribution in [3.63, 3.8) is 0 Å². The summed E-state index contributed by atoms with van der Waals surface area (Å²) in [6.45, 7) is 0.929. The fourth-order valence-corrected chi connectivity index (χ4v) is 1.89. The molecule has 0 aliphatic carbocycles. The van der Waals surface area contributed by atoms with E-state index in [2.05, 4.69) is 10.6 Å². The summed E-state index contributed by atoms with van der Waals surface area (Å²) < 4.78 is 4.89. The number of phenolic OH excluding ortho intramolecular Hbond substituents is 1. The van der Waals surface area contributed by atoms with Crippen molar-refractivity contribution in [1.82, 2.24) is 0 Å². The standard InChI is InChI=1S/C17H16N2O5/c1-11(20)18-13-3-2-4-14(9-13)19-16(22)10-24-17(23)12-5-7-15(21)8-6-12/h2-9,21H,10H2,1H3,(H,18,20)(H,19,22). The van der Waals surface area contributed by atoms with Gasteiger partial charge in [0.1, 0.15) is 5.75 Å². The molecule has 2 aromatic rings. The Morgan fingerprint density at radius 3 is 2.25 bits per heavy atom. The largest absolute Gasteiger partial charge is 0.508 e. The first-order chi connectivity index (χ1) is 11.4. The van der Waals surface area contributed by atoms with E-state index in [1.165, 1.54) is 31.2 Å². The molecule has 0 aromatic heterocycles. The lowest BCUT2D eigenvalue weighted by Crippen LogP contribution is -2.21. The summed E-state index contributed by atoms with van der Waals surface area (Å²) in [7, 11) is 0. The van der Waals surface area contributed by atoms with Crippen molar-refractivity contribution >= 4 is 29.2 Å². The lowest BCUT2D eigenvalue weighted by atomic mass is 10.2. The van der Waals surface area contributed by atoms with Crippen LogP contribution in [0.3, 0.4) is 0 Å². The second-order valence-corrected chi connectivity index (χ2v) is 4.93. The van der Waals surface area contributed by atoms with Gasteiger partial charge in [0.15, 0.2) is 6.61 Å². The monoisotopic (exact) mass is 328 g/mol. The zero-order valence-electron chi connectivity index (χ0n) is 12.9. The quantitative estimate of drug-likeness (QED) is 0.729. The second-order valence-electron chi connectivity index (χ2n) is 4.93. The maximum Gasteiger partial charge on any atom is 0.338 e. The number of nitrogens with one attached hydrogen (secondary N) is 2. The summed E-state index contributed by atoms with van der Waals surface area (Å²) in [5.74, 6) is -1.37. The molecule has 0 saturated carbocycles. The molecule has 2 amide bonds. The van der Waals surface area contributed by atoms with Crippen molar-refractivity contribution in [3.05, 3.63) is 54.1 Å². The van der Waals surface area contributed by atoms with Gasteiger partial charge in [-0.15, -0.1) is 0 Å². The van der Waals surface area contributed by atoms with Crippen LogP contribution in [0.15, 0.2) is 48.5 Å². The number of carbonyl (C=O) groups is 3. The van der Waals surface area contributed by atoms with Gasteiger partial charge in [-0.25, -0.2) is 4.79 Å². The lowest BCUT2D eigenvalue weighted by Gasteiger charge is -2.08. The predicted molar refractivity (Wildman–Crippen MR) is 87.8 cm³/mol. The summed E-state index contributed by atoms with van der Waals surface area (Å²) in [5.41, 5.74) is 1.24. The Hall–Kier alpha value is -3.35. The van der Waals surface area contributed by atoms with Crippen molar-refractivity contribution in [1.29, 1.82) is 0 Å². The molecule has 0 heterocycles. The number of carbonyl (C=O) groups excluding carboxylic acids is 3. The summed E-state index contributed by atoms with van der Waals surface area (Å²) in [4.78, 5) is 34.6. The molecular weight excluding hydrogens is 312 g/mol. The highest BCUT2D eigenvalue weighted by Crippen LogP contribution is 2.15. The Morgan fingerprint density at radius 1 is 1.00 bits per heavy atom. The van der Waals surface area contributed by atoms with E-state index >= 15 is 0 Å². The van der Waals surface area contributed by atoms with E-state index in [9.17, 15) is 14.4 Å². The Labute approximate surface area is 138 Å². The number of hydrogen-bond acceptors (Lipinski definition) is 5. The van der Waals surface area contributed by atoms with E-state index in [-0.39, 0.29) is 17.2 Å². The highest BCUT2D eigenvalue weighted by atomic mass is 16.5. The second kappa shape index (κ2) is 7.77. The van der Waals surface area contributed by atoms with Crippen molar-refractivity contribution in [3.8, 4) is 5.75 Å². The Morgan fingerprint density at radius 2 is 1.62 bits per heavy atom. The minimum Gasteiger partial charge on any atom is -0.508 e. The Balaban J connectivity index is 1.88. The number of amides is 2. The SMILES string of the molecule is CC(=O)Nc1cccc(NC(=O)COC(=O)c2ccc(O)cc2)c1. The van der Waals surface area contributed by atoms with Crippen molar-refractivity contribution in [2.75, 3.05) is 17.2 Å². The number of ether oxygens (including phenoxy) is 1. The molecule has 0 unspecified atom stereocenters. The first kappa shape index (κ1) is 17.0. The van der Waals surface area contributed by atoms with E-state index in [1.54, 1.807) is 24.3 Å². The third-order valence-electron chi connectivity index (χ3n) is 2.90. The molecule has 0 atom stereocenters. The third kappa shape index (κ3) is 5.13. The summed E-state index contributed by atoms with van der Waals surface area (Å²) >= 11 is 0. The molecule has 24 heavy (non-hydrogen) atoms. The van der Waals surface area contributed by atoms with Crippen LogP contribution in [0.4, 0.5) is 11.4 Å². The summed E-state index contributed by atoms with van der Waals surface area (Å²) in [6.07, 6.45) is 0. The minimum absolute atomic E-state index is 0.0309. The third-order valence-corrected chi connectivity index (χ3v) is 2.90. The molecule has 7 heteroatoms. The molecule has 124 valence electrons. The van der Waals surface area contributed by atoms with Crippen LogP contribution in [0.25, 0.3) is 0 Å².